The molecule has 0 radical (unpaired) electrons. The van der Waals surface area contributed by atoms with Crippen LogP contribution in [0.15, 0.2) is 33.2 Å². The van der Waals surface area contributed by atoms with E-state index in [-0.39, 0.29) is 45.8 Å². The van der Waals surface area contributed by atoms with Gasteiger partial charge in [-0.25, -0.2) is 13.8 Å². The Labute approximate surface area is 233 Å². The van der Waals surface area contributed by atoms with Gasteiger partial charge >= 0.3 is 12.2 Å². The molecule has 1 N–H and O–H groups in total. The smallest absolute Gasteiger partial charge is 0.445 e. The summed E-state index contributed by atoms with van der Waals surface area (Å²) in [5.41, 5.74) is -2.78. The minimum atomic E-state index is -5.01. The Morgan fingerprint density at radius 2 is 1.93 bits per heavy atom. The number of carbonyl (C=O) groups is 1. The van der Waals surface area contributed by atoms with E-state index in [4.69, 9.17) is 11.0 Å². The van der Waals surface area contributed by atoms with Crippen molar-refractivity contribution < 1.29 is 39.9 Å². The Morgan fingerprint density at radius 3 is 2.59 bits per heavy atom. The predicted molar refractivity (Wildman–Crippen MR) is 129 cm³/mol. The lowest BCUT2D eigenvalue weighted by Crippen LogP contribution is -2.35. The van der Waals surface area contributed by atoms with Crippen molar-refractivity contribution in [1.29, 1.82) is 0 Å². The van der Waals surface area contributed by atoms with Gasteiger partial charge in [0.25, 0.3) is 11.6 Å². The second-order valence-corrected chi connectivity index (χ2v) is 10.6. The van der Waals surface area contributed by atoms with Gasteiger partial charge in [-0.2, -0.15) is 27.1 Å². The molecule has 0 spiro atoms. The van der Waals surface area contributed by atoms with Gasteiger partial charge in [0.1, 0.15) is 23.9 Å². The number of carbonyl (C=O) groups excluding carboxylic acids is 1. The number of halogens is 8. The first-order chi connectivity index (χ1) is 19.3. The van der Waals surface area contributed by atoms with E-state index in [1.807, 2.05) is 0 Å². The highest BCUT2D eigenvalue weighted by molar-refractivity contribution is 9.10. The number of nitrogens with one attached hydrogen (secondary N) is 1. The summed E-state index contributed by atoms with van der Waals surface area (Å²) in [5, 5.41) is 5.85. The number of fused-ring (bicyclic) bond motifs is 4. The molecule has 3 aromatic heterocycles. The van der Waals surface area contributed by atoms with Gasteiger partial charge in [-0.15, -0.1) is 0 Å². The quantitative estimate of drug-likeness (QED) is 0.196. The van der Waals surface area contributed by atoms with E-state index >= 15 is 0 Å². The van der Waals surface area contributed by atoms with E-state index in [0.717, 1.165) is 12.1 Å². The third-order valence-corrected chi connectivity index (χ3v) is 7.61. The third-order valence-electron chi connectivity index (χ3n) is 6.97. The SMILES string of the molecule is [C-]#[N+]c1nc2cc(Br)c([C@H](Cc3cc(F)cc(F)c3)NC(=O)Cn3nc(C(F)(F)F)c4c3C(F)(F)[C@@H]3C[C@H]43)nc2o1. The van der Waals surface area contributed by atoms with Crippen LogP contribution in [-0.4, -0.2) is 25.7 Å². The van der Waals surface area contributed by atoms with Crippen LogP contribution in [-0.2, 0) is 29.9 Å². The Balaban J connectivity index is 1.36. The number of aromatic nitrogens is 4. The van der Waals surface area contributed by atoms with Crippen molar-refractivity contribution in [2.75, 3.05) is 0 Å². The summed E-state index contributed by atoms with van der Waals surface area (Å²) in [7, 11) is 0. The number of hydrogen-bond acceptors (Lipinski definition) is 5. The molecule has 3 atom stereocenters. The number of amides is 1. The van der Waals surface area contributed by atoms with Crippen molar-refractivity contribution in [3.05, 3.63) is 80.0 Å². The Kier molecular flexibility index (Phi) is 6.14. The minimum Gasteiger partial charge on any atom is -0.445 e. The molecule has 2 aliphatic rings. The number of pyridine rings is 1. The Bertz CT molecular complexity index is 1760. The van der Waals surface area contributed by atoms with Gasteiger partial charge in [0.15, 0.2) is 5.69 Å². The van der Waals surface area contributed by atoms with Crippen LogP contribution in [0.1, 0.15) is 46.6 Å². The van der Waals surface area contributed by atoms with E-state index in [2.05, 4.69) is 41.2 Å². The van der Waals surface area contributed by atoms with Gasteiger partial charge in [-0.3, -0.25) is 9.48 Å². The maximum Gasteiger partial charge on any atom is 0.451 e. The number of rotatable bonds is 6. The van der Waals surface area contributed by atoms with Crippen molar-refractivity contribution >= 4 is 39.1 Å². The second-order valence-electron chi connectivity index (χ2n) is 9.73. The fourth-order valence-electron chi connectivity index (χ4n) is 5.28. The monoisotopic (exact) mass is 642 g/mol. The van der Waals surface area contributed by atoms with Crippen LogP contribution < -0.4 is 5.32 Å². The number of benzene rings is 1. The maximum absolute atomic E-state index is 14.9. The normalized spacial score (nSPS) is 19.5. The van der Waals surface area contributed by atoms with E-state index in [0.29, 0.717) is 10.7 Å². The molecule has 41 heavy (non-hydrogen) atoms. The van der Waals surface area contributed by atoms with Crippen LogP contribution in [0.25, 0.3) is 16.1 Å². The number of oxazole rings is 1. The largest absolute Gasteiger partial charge is 0.451 e. The molecular weight excluding hydrogens is 629 g/mol. The average molecular weight is 643 g/mol. The lowest BCUT2D eigenvalue weighted by molar-refractivity contribution is -0.142. The minimum absolute atomic E-state index is 0.0523. The van der Waals surface area contributed by atoms with Crippen LogP contribution in [0.4, 0.5) is 36.7 Å². The van der Waals surface area contributed by atoms with Gasteiger partial charge in [-0.05, 0) is 52.4 Å². The summed E-state index contributed by atoms with van der Waals surface area (Å²) in [5.74, 6) is -8.70. The fourth-order valence-corrected chi connectivity index (χ4v) is 5.87. The zero-order valence-corrected chi connectivity index (χ0v) is 21.8. The van der Waals surface area contributed by atoms with Crippen LogP contribution in [0, 0.1) is 24.1 Å². The molecule has 0 aliphatic heterocycles. The molecule has 0 unspecified atom stereocenters. The average Bonchev–Trinajstić information content (AvgIpc) is 3.33. The summed E-state index contributed by atoms with van der Waals surface area (Å²) in [4.78, 5) is 24.4. The molecule has 2 aliphatic carbocycles. The fraction of sp³-hybridized carbons (Fsp3) is 0.320. The zero-order valence-electron chi connectivity index (χ0n) is 20.2. The molecule has 16 heteroatoms. The van der Waals surface area contributed by atoms with Crippen LogP contribution in [0.2, 0.25) is 0 Å². The summed E-state index contributed by atoms with van der Waals surface area (Å²) >= 11 is 3.28. The number of nitrogens with zero attached hydrogens (tertiary/aromatic N) is 5. The van der Waals surface area contributed by atoms with Crippen molar-refractivity contribution in [3.8, 4) is 0 Å². The van der Waals surface area contributed by atoms with Gasteiger partial charge in [0.05, 0.1) is 11.7 Å². The van der Waals surface area contributed by atoms with E-state index in [1.54, 1.807) is 0 Å². The van der Waals surface area contributed by atoms with Crippen LogP contribution in [0.3, 0.4) is 0 Å². The lowest BCUT2D eigenvalue weighted by atomic mass is 10.0. The first-order valence-electron chi connectivity index (χ1n) is 11.9. The summed E-state index contributed by atoms with van der Waals surface area (Å²) < 4.78 is 104. The van der Waals surface area contributed by atoms with E-state index < -0.39 is 71.0 Å². The molecule has 212 valence electrons. The molecule has 1 amide bonds. The predicted octanol–water partition coefficient (Wildman–Crippen LogP) is 6.34. The van der Waals surface area contributed by atoms with Crippen LogP contribution in [0.5, 0.6) is 0 Å². The second kappa shape index (κ2) is 9.26. The molecule has 1 fully saturated rings. The lowest BCUT2D eigenvalue weighted by Gasteiger charge is -2.21. The van der Waals surface area contributed by atoms with E-state index in [1.165, 1.54) is 6.07 Å². The molecule has 1 saturated carbocycles. The topological polar surface area (TPSA) is 90.2 Å². The summed E-state index contributed by atoms with van der Waals surface area (Å²) in [6, 6.07) is 2.55. The highest BCUT2D eigenvalue weighted by atomic mass is 79.9. The highest BCUT2D eigenvalue weighted by Gasteiger charge is 2.68. The van der Waals surface area contributed by atoms with E-state index in [9.17, 15) is 35.5 Å². The molecule has 6 rings (SSSR count). The van der Waals surface area contributed by atoms with Gasteiger partial charge < -0.3 is 14.6 Å². The molecule has 8 nitrogen and oxygen atoms in total. The molecule has 0 bridgehead atoms. The van der Waals surface area contributed by atoms with Crippen molar-refractivity contribution in [3.63, 3.8) is 0 Å². The Morgan fingerprint density at radius 1 is 1.22 bits per heavy atom. The molecule has 4 aromatic rings. The van der Waals surface area contributed by atoms with Crippen molar-refractivity contribution in [2.45, 2.75) is 43.4 Å². The summed E-state index contributed by atoms with van der Waals surface area (Å²) in [6.07, 6.45) is -5.38. The van der Waals surface area contributed by atoms with Crippen molar-refractivity contribution in [1.82, 2.24) is 25.1 Å². The highest BCUT2D eigenvalue weighted by Crippen LogP contribution is 2.68. The van der Waals surface area contributed by atoms with Crippen molar-refractivity contribution in [2.24, 2.45) is 5.92 Å². The molecule has 3 heterocycles. The Hall–Kier alpha value is -4.00. The van der Waals surface area contributed by atoms with Gasteiger partial charge in [-0.1, -0.05) is 11.6 Å². The zero-order chi connectivity index (χ0) is 29.4. The van der Waals surface area contributed by atoms with Gasteiger partial charge in [0.2, 0.25) is 11.4 Å². The standard InChI is InChI=1S/C25H14BrF7N6O2/c1-34-23-36-16-7-14(26)19(37-22(16)41-23)15(4-9-2-10(27)5-11(28)3-9)35-17(40)8-39-21-18(20(38-39)25(31,32)33)12-6-13(12)24(21,29)30/h2-3,5,7,12-13,15H,4,6,8H2,(H,35,40)/t12-,13+,15-/m0/s1. The molecule has 1 aromatic carbocycles. The van der Waals surface area contributed by atoms with Crippen LogP contribution >= 0.6 is 15.9 Å². The molecule has 0 saturated heterocycles. The first-order valence-corrected chi connectivity index (χ1v) is 12.7. The number of hydrogen-bond donors (Lipinski definition) is 1. The maximum atomic E-state index is 14.9. The third kappa shape index (κ3) is 4.71. The molecular formula is C25H14BrF7N6O2. The van der Waals surface area contributed by atoms with Gasteiger partial charge in [0, 0.05) is 28.1 Å². The first kappa shape index (κ1) is 27.2. The number of alkyl halides is 5. The summed E-state index contributed by atoms with van der Waals surface area (Å²) in [6.45, 7) is 6.07.